The second kappa shape index (κ2) is 8.70. The van der Waals surface area contributed by atoms with Crippen LogP contribution in [0.1, 0.15) is 42.9 Å². The Balaban J connectivity index is 0.00000225. The van der Waals surface area contributed by atoms with E-state index in [4.69, 9.17) is 17.3 Å². The monoisotopic (exact) mass is 378 g/mol. The Morgan fingerprint density at radius 3 is 2.32 bits per heavy atom. The number of hydrogen-bond acceptors (Lipinski definition) is 2. The molecule has 2 aromatic rings. The van der Waals surface area contributed by atoms with E-state index in [9.17, 15) is 4.79 Å². The molecule has 1 saturated carbocycles. The fourth-order valence-electron chi connectivity index (χ4n) is 3.33. The van der Waals surface area contributed by atoms with E-state index in [1.54, 1.807) is 0 Å². The Morgan fingerprint density at radius 2 is 1.76 bits per heavy atom. The van der Waals surface area contributed by atoms with Crippen LogP contribution in [-0.2, 0) is 10.2 Å². The largest absolute Gasteiger partial charge is 0.355 e. The highest BCUT2D eigenvalue weighted by Gasteiger charge is 2.38. The van der Waals surface area contributed by atoms with Crippen LogP contribution in [-0.4, -0.2) is 12.5 Å². The average molecular weight is 379 g/mol. The Hall–Kier alpha value is -1.55. The minimum Gasteiger partial charge on any atom is -0.355 e. The predicted octanol–water partition coefficient (Wildman–Crippen LogP) is 4.39. The predicted molar refractivity (Wildman–Crippen MR) is 105 cm³/mol. The zero-order chi connectivity index (χ0) is 17.0. The molecule has 0 saturated heterocycles. The minimum atomic E-state index is -0.265. The summed E-state index contributed by atoms with van der Waals surface area (Å²) in [7, 11) is 0. The van der Waals surface area contributed by atoms with Crippen molar-refractivity contribution < 1.29 is 4.79 Å². The van der Waals surface area contributed by atoms with E-state index in [0.29, 0.717) is 13.0 Å². The first-order valence-corrected chi connectivity index (χ1v) is 8.80. The van der Waals surface area contributed by atoms with Crippen LogP contribution >= 0.6 is 24.0 Å². The smallest absolute Gasteiger partial charge is 0.221 e. The van der Waals surface area contributed by atoms with Gasteiger partial charge in [-0.25, -0.2) is 0 Å². The molecule has 0 heterocycles. The molecule has 3 N–H and O–H groups in total. The molecule has 0 spiro atoms. The van der Waals surface area contributed by atoms with Gasteiger partial charge in [0.05, 0.1) is 0 Å². The van der Waals surface area contributed by atoms with Crippen LogP contribution in [0.15, 0.2) is 54.6 Å². The van der Waals surface area contributed by atoms with Crippen LogP contribution in [0.4, 0.5) is 0 Å². The van der Waals surface area contributed by atoms with E-state index in [-0.39, 0.29) is 29.8 Å². The van der Waals surface area contributed by atoms with Crippen molar-refractivity contribution in [1.82, 2.24) is 5.32 Å². The van der Waals surface area contributed by atoms with Gasteiger partial charge >= 0.3 is 0 Å². The highest BCUT2D eigenvalue weighted by atomic mass is 35.5. The number of hydrogen-bond donors (Lipinski definition) is 2. The lowest BCUT2D eigenvalue weighted by atomic mass is 9.64. The molecular weight excluding hydrogens is 355 g/mol. The van der Waals surface area contributed by atoms with E-state index in [1.807, 2.05) is 42.5 Å². The van der Waals surface area contributed by atoms with Gasteiger partial charge in [-0.1, -0.05) is 60.5 Å². The highest BCUT2D eigenvalue weighted by molar-refractivity contribution is 6.30. The van der Waals surface area contributed by atoms with E-state index in [1.165, 1.54) is 12.0 Å². The maximum absolute atomic E-state index is 12.3. The summed E-state index contributed by atoms with van der Waals surface area (Å²) in [5.41, 5.74) is 8.43. The average Bonchev–Trinajstić information content (AvgIpc) is 2.56. The number of rotatable bonds is 6. The van der Waals surface area contributed by atoms with Gasteiger partial charge in [-0.15, -0.1) is 12.4 Å². The molecule has 0 aliphatic heterocycles. The van der Waals surface area contributed by atoms with Gasteiger partial charge in [0.2, 0.25) is 5.91 Å². The third kappa shape index (κ3) is 4.75. The first kappa shape index (κ1) is 19.8. The van der Waals surface area contributed by atoms with Crippen molar-refractivity contribution in [3.8, 4) is 0 Å². The molecule has 25 heavy (non-hydrogen) atoms. The minimum absolute atomic E-state index is 0. The quantitative estimate of drug-likeness (QED) is 0.782. The van der Waals surface area contributed by atoms with Crippen LogP contribution in [0.3, 0.4) is 0 Å². The van der Waals surface area contributed by atoms with Crippen molar-refractivity contribution in [3.05, 3.63) is 70.7 Å². The summed E-state index contributed by atoms with van der Waals surface area (Å²) in [6.07, 6.45) is 3.70. The maximum atomic E-state index is 12.3. The van der Waals surface area contributed by atoms with Crippen molar-refractivity contribution in [2.45, 2.75) is 37.1 Å². The van der Waals surface area contributed by atoms with Gasteiger partial charge in [-0.05, 0) is 36.1 Å². The van der Waals surface area contributed by atoms with E-state index < -0.39 is 0 Å². The maximum Gasteiger partial charge on any atom is 0.221 e. The topological polar surface area (TPSA) is 55.1 Å². The van der Waals surface area contributed by atoms with E-state index >= 15 is 0 Å². The Bertz CT molecular complexity index is 685. The van der Waals surface area contributed by atoms with Crippen LogP contribution in [0.5, 0.6) is 0 Å². The molecule has 5 heteroatoms. The lowest BCUT2D eigenvalue weighted by Crippen LogP contribution is -2.46. The Morgan fingerprint density at radius 1 is 1.12 bits per heavy atom. The van der Waals surface area contributed by atoms with Gasteiger partial charge in [0.25, 0.3) is 0 Å². The molecule has 1 aliphatic rings. The second-order valence-electron chi connectivity index (χ2n) is 6.64. The standard InChI is InChI=1S/C20H23ClN2O.ClH/c21-17-9-7-16(8-10-17)20(11-4-12-20)14-23-19(24)13-18(22)15-5-2-1-3-6-15;/h1-3,5-10,18H,4,11-14,22H2,(H,23,24);1H. The van der Waals surface area contributed by atoms with Gasteiger partial charge in [0.15, 0.2) is 0 Å². The summed E-state index contributed by atoms with van der Waals surface area (Å²) in [5, 5.41) is 3.83. The summed E-state index contributed by atoms with van der Waals surface area (Å²) in [6.45, 7) is 0.662. The molecule has 1 aliphatic carbocycles. The van der Waals surface area contributed by atoms with Gasteiger partial charge in [-0.3, -0.25) is 4.79 Å². The lowest BCUT2D eigenvalue weighted by molar-refractivity contribution is -0.121. The first-order chi connectivity index (χ1) is 11.6. The molecule has 1 amide bonds. The molecular formula is C20H24Cl2N2O. The number of nitrogens with two attached hydrogens (primary N) is 1. The zero-order valence-corrected chi connectivity index (χ0v) is 15.7. The SMILES string of the molecule is Cl.NC(CC(=O)NCC1(c2ccc(Cl)cc2)CCC1)c1ccccc1. The van der Waals surface area contributed by atoms with Crippen LogP contribution in [0.25, 0.3) is 0 Å². The van der Waals surface area contributed by atoms with Gasteiger partial charge < -0.3 is 11.1 Å². The van der Waals surface area contributed by atoms with Crippen molar-refractivity contribution in [2.75, 3.05) is 6.54 Å². The number of amides is 1. The normalized spacial score (nSPS) is 16.2. The summed E-state index contributed by atoms with van der Waals surface area (Å²) in [5.74, 6) is 0.00610. The summed E-state index contributed by atoms with van der Waals surface area (Å²) < 4.78 is 0. The summed E-state index contributed by atoms with van der Waals surface area (Å²) in [4.78, 5) is 12.3. The van der Waals surface area contributed by atoms with E-state index in [2.05, 4.69) is 17.4 Å². The number of nitrogens with one attached hydrogen (secondary N) is 1. The second-order valence-corrected chi connectivity index (χ2v) is 7.08. The number of carbonyl (C=O) groups excluding carboxylic acids is 1. The van der Waals surface area contributed by atoms with Crippen molar-refractivity contribution in [2.24, 2.45) is 5.73 Å². The van der Waals surface area contributed by atoms with Crippen LogP contribution in [0, 0.1) is 0 Å². The van der Waals surface area contributed by atoms with Crippen LogP contribution < -0.4 is 11.1 Å². The lowest BCUT2D eigenvalue weighted by Gasteiger charge is -2.42. The Labute approximate surface area is 160 Å². The Kier molecular flexibility index (Phi) is 6.88. The fourth-order valence-corrected chi connectivity index (χ4v) is 3.46. The molecule has 1 unspecified atom stereocenters. The number of carbonyl (C=O) groups is 1. The number of halogens is 2. The molecule has 134 valence electrons. The van der Waals surface area contributed by atoms with Gasteiger partial charge in [0.1, 0.15) is 0 Å². The molecule has 2 aromatic carbocycles. The van der Waals surface area contributed by atoms with Crippen molar-refractivity contribution >= 4 is 29.9 Å². The molecule has 1 atom stereocenters. The molecule has 0 bridgehead atoms. The third-order valence-electron chi connectivity index (χ3n) is 5.02. The fraction of sp³-hybridized carbons (Fsp3) is 0.350. The number of benzene rings is 2. The van der Waals surface area contributed by atoms with Gasteiger partial charge in [-0.2, -0.15) is 0 Å². The molecule has 0 aromatic heterocycles. The zero-order valence-electron chi connectivity index (χ0n) is 14.1. The molecule has 3 nitrogen and oxygen atoms in total. The third-order valence-corrected chi connectivity index (χ3v) is 5.28. The van der Waals surface area contributed by atoms with E-state index in [0.717, 1.165) is 23.4 Å². The van der Waals surface area contributed by atoms with Crippen LogP contribution in [0.2, 0.25) is 5.02 Å². The summed E-state index contributed by atoms with van der Waals surface area (Å²) >= 11 is 5.98. The van der Waals surface area contributed by atoms with Gasteiger partial charge in [0, 0.05) is 29.4 Å². The first-order valence-electron chi connectivity index (χ1n) is 8.42. The molecule has 0 radical (unpaired) electrons. The molecule has 3 rings (SSSR count). The molecule has 1 fully saturated rings. The summed E-state index contributed by atoms with van der Waals surface area (Å²) in [6, 6.07) is 17.5. The van der Waals surface area contributed by atoms with Crippen molar-refractivity contribution in [3.63, 3.8) is 0 Å². The highest BCUT2D eigenvalue weighted by Crippen LogP contribution is 2.43. The van der Waals surface area contributed by atoms with Crippen molar-refractivity contribution in [1.29, 1.82) is 0 Å².